The van der Waals surface area contributed by atoms with Gasteiger partial charge in [-0.25, -0.2) is 8.42 Å². The first-order valence-corrected chi connectivity index (χ1v) is 11.4. The third-order valence-corrected chi connectivity index (χ3v) is 6.95. The molecule has 2 N–H and O–H groups in total. The molecular weight excluding hydrogens is 390 g/mol. The Balaban J connectivity index is 1.78. The molecule has 0 spiro atoms. The SMILES string of the molecule is CC[C@@H]1NCc2cc(C(=O)N[C@@H](COC)c3ccc(S(=O)(=O)CC)cc3)cnc21. The second-order valence-electron chi connectivity index (χ2n) is 7.06. The van der Waals surface area contributed by atoms with Crippen LogP contribution in [-0.4, -0.2) is 38.8 Å². The molecule has 3 rings (SSSR count). The molecule has 1 aliphatic heterocycles. The van der Waals surface area contributed by atoms with E-state index in [1.165, 1.54) is 0 Å². The number of ether oxygens (including phenoxy) is 1. The average Bonchev–Trinajstić information content (AvgIpc) is 3.15. The van der Waals surface area contributed by atoms with Crippen molar-refractivity contribution in [2.45, 2.75) is 43.8 Å². The van der Waals surface area contributed by atoms with E-state index in [2.05, 4.69) is 22.5 Å². The molecule has 1 amide bonds. The lowest BCUT2D eigenvalue weighted by Crippen LogP contribution is -2.31. The molecule has 0 saturated heterocycles. The van der Waals surface area contributed by atoms with E-state index in [1.807, 2.05) is 6.07 Å². The maximum absolute atomic E-state index is 12.8. The van der Waals surface area contributed by atoms with Crippen LogP contribution >= 0.6 is 0 Å². The summed E-state index contributed by atoms with van der Waals surface area (Å²) in [5.74, 6) is -0.198. The molecule has 2 atom stereocenters. The van der Waals surface area contributed by atoms with Crippen LogP contribution in [0.2, 0.25) is 0 Å². The van der Waals surface area contributed by atoms with Gasteiger partial charge < -0.3 is 15.4 Å². The summed E-state index contributed by atoms with van der Waals surface area (Å²) in [4.78, 5) is 17.6. The molecule has 0 fully saturated rings. The summed E-state index contributed by atoms with van der Waals surface area (Å²) in [6.45, 7) is 4.68. The summed E-state index contributed by atoms with van der Waals surface area (Å²) in [5, 5.41) is 6.35. The number of aromatic nitrogens is 1. The minimum atomic E-state index is -3.26. The maximum atomic E-state index is 12.8. The number of sulfone groups is 1. The highest BCUT2D eigenvalue weighted by molar-refractivity contribution is 7.91. The van der Waals surface area contributed by atoms with Gasteiger partial charge in [0.2, 0.25) is 0 Å². The zero-order chi connectivity index (χ0) is 21.0. The van der Waals surface area contributed by atoms with Crippen molar-refractivity contribution in [1.29, 1.82) is 0 Å². The molecule has 0 bridgehead atoms. The molecule has 7 nitrogen and oxygen atoms in total. The fourth-order valence-corrected chi connectivity index (χ4v) is 4.36. The average molecular weight is 418 g/mol. The summed E-state index contributed by atoms with van der Waals surface area (Å²) in [6.07, 6.45) is 2.55. The lowest BCUT2D eigenvalue weighted by molar-refractivity contribution is 0.0896. The van der Waals surface area contributed by atoms with Crippen molar-refractivity contribution in [1.82, 2.24) is 15.6 Å². The van der Waals surface area contributed by atoms with Gasteiger partial charge in [-0.3, -0.25) is 9.78 Å². The predicted molar refractivity (Wildman–Crippen MR) is 110 cm³/mol. The van der Waals surface area contributed by atoms with Crippen molar-refractivity contribution in [3.8, 4) is 0 Å². The maximum Gasteiger partial charge on any atom is 0.253 e. The molecule has 1 aromatic carbocycles. The van der Waals surface area contributed by atoms with Gasteiger partial charge in [0.25, 0.3) is 5.91 Å². The lowest BCUT2D eigenvalue weighted by Gasteiger charge is -2.19. The second kappa shape index (κ2) is 9.02. The Kier molecular flexibility index (Phi) is 6.66. The van der Waals surface area contributed by atoms with Crippen LogP contribution in [0.4, 0.5) is 0 Å². The number of carbonyl (C=O) groups excluding carboxylic acids is 1. The van der Waals surface area contributed by atoms with E-state index in [9.17, 15) is 13.2 Å². The number of carbonyl (C=O) groups is 1. The van der Waals surface area contributed by atoms with Crippen molar-refractivity contribution < 1.29 is 17.9 Å². The van der Waals surface area contributed by atoms with Gasteiger partial charge in [0.05, 0.1) is 34.6 Å². The molecule has 8 heteroatoms. The van der Waals surface area contributed by atoms with E-state index >= 15 is 0 Å². The van der Waals surface area contributed by atoms with Gasteiger partial charge in [-0.1, -0.05) is 26.0 Å². The second-order valence-corrected chi connectivity index (χ2v) is 9.34. The van der Waals surface area contributed by atoms with E-state index in [0.717, 1.165) is 23.2 Å². The number of amides is 1. The molecule has 156 valence electrons. The van der Waals surface area contributed by atoms with E-state index < -0.39 is 15.9 Å². The highest BCUT2D eigenvalue weighted by atomic mass is 32.2. The number of rotatable bonds is 8. The summed E-state index contributed by atoms with van der Waals surface area (Å²) in [6, 6.07) is 8.27. The van der Waals surface area contributed by atoms with Gasteiger partial charge in [-0.15, -0.1) is 0 Å². The van der Waals surface area contributed by atoms with Crippen molar-refractivity contribution in [3.05, 3.63) is 58.9 Å². The first kappa shape index (κ1) is 21.4. The third kappa shape index (κ3) is 4.66. The molecule has 2 heterocycles. The molecule has 0 saturated carbocycles. The van der Waals surface area contributed by atoms with Crippen molar-refractivity contribution >= 4 is 15.7 Å². The zero-order valence-electron chi connectivity index (χ0n) is 16.9. The highest BCUT2D eigenvalue weighted by Gasteiger charge is 2.24. The molecule has 0 radical (unpaired) electrons. The number of hydrogen-bond donors (Lipinski definition) is 2. The smallest absolute Gasteiger partial charge is 0.253 e. The van der Waals surface area contributed by atoms with Gasteiger partial charge in [-0.2, -0.15) is 0 Å². The van der Waals surface area contributed by atoms with E-state index in [4.69, 9.17) is 4.74 Å². The number of nitrogens with zero attached hydrogens (tertiary/aromatic N) is 1. The molecule has 29 heavy (non-hydrogen) atoms. The Morgan fingerprint density at radius 3 is 2.66 bits per heavy atom. The summed E-state index contributed by atoms with van der Waals surface area (Å²) in [5.41, 5.74) is 3.32. The van der Waals surface area contributed by atoms with Gasteiger partial charge >= 0.3 is 0 Å². The third-order valence-electron chi connectivity index (χ3n) is 5.20. The Morgan fingerprint density at radius 2 is 2.03 bits per heavy atom. The van der Waals surface area contributed by atoms with Crippen molar-refractivity contribution in [2.75, 3.05) is 19.5 Å². The number of methoxy groups -OCH3 is 1. The molecule has 1 aliphatic rings. The highest BCUT2D eigenvalue weighted by Crippen LogP contribution is 2.26. The molecule has 0 aliphatic carbocycles. The van der Waals surface area contributed by atoms with Gasteiger partial charge in [0.1, 0.15) is 0 Å². The fraction of sp³-hybridized carbons (Fsp3) is 0.429. The number of hydrogen-bond acceptors (Lipinski definition) is 6. The van der Waals surface area contributed by atoms with Gasteiger partial charge in [0, 0.05) is 25.9 Å². The van der Waals surface area contributed by atoms with Crippen molar-refractivity contribution in [3.63, 3.8) is 0 Å². The zero-order valence-corrected chi connectivity index (χ0v) is 17.8. The lowest BCUT2D eigenvalue weighted by atomic mass is 10.1. The predicted octanol–water partition coefficient (Wildman–Crippen LogP) is 2.55. The van der Waals surface area contributed by atoms with Crippen LogP contribution in [0.3, 0.4) is 0 Å². The van der Waals surface area contributed by atoms with Crippen LogP contribution in [0.5, 0.6) is 0 Å². The Bertz CT molecular complexity index is 974. The minimum Gasteiger partial charge on any atom is -0.382 e. The van der Waals surface area contributed by atoms with Crippen LogP contribution in [0.15, 0.2) is 41.4 Å². The molecule has 1 aromatic heterocycles. The molecule has 2 aromatic rings. The quantitative estimate of drug-likeness (QED) is 0.685. The largest absolute Gasteiger partial charge is 0.382 e. The Morgan fingerprint density at radius 1 is 1.31 bits per heavy atom. The summed E-state index contributed by atoms with van der Waals surface area (Å²) >= 11 is 0. The Labute approximate surface area is 171 Å². The van der Waals surface area contributed by atoms with Crippen LogP contribution in [0.25, 0.3) is 0 Å². The first-order chi connectivity index (χ1) is 13.9. The monoisotopic (exact) mass is 417 g/mol. The van der Waals surface area contributed by atoms with Crippen LogP contribution in [0.1, 0.15) is 59.5 Å². The van der Waals surface area contributed by atoms with Crippen molar-refractivity contribution in [2.24, 2.45) is 0 Å². The normalized spacial score (nSPS) is 17.0. The van der Waals surface area contributed by atoms with Gasteiger partial charge in [-0.05, 0) is 35.7 Å². The summed E-state index contributed by atoms with van der Waals surface area (Å²) in [7, 11) is -1.71. The number of pyridine rings is 1. The molecular formula is C21H27N3O4S. The molecule has 0 unspecified atom stereocenters. The number of nitrogens with one attached hydrogen (secondary N) is 2. The topological polar surface area (TPSA) is 97.4 Å². The first-order valence-electron chi connectivity index (χ1n) is 9.74. The standard InChI is InChI=1S/C21H27N3O4S/c1-4-18-20-15(11-22-18)10-16(12-23-20)21(25)24-19(13-28-3)14-6-8-17(9-7-14)29(26,27)5-2/h6-10,12,18-19,22H,4-5,11,13H2,1-3H3,(H,24,25)/t18-,19-/m0/s1. The number of fused-ring (bicyclic) bond motifs is 1. The Hall–Kier alpha value is -2.29. The minimum absolute atomic E-state index is 0.0453. The van der Waals surface area contributed by atoms with Crippen LogP contribution in [-0.2, 0) is 21.1 Å². The van der Waals surface area contributed by atoms with E-state index in [0.29, 0.717) is 12.1 Å². The fourth-order valence-electron chi connectivity index (χ4n) is 3.47. The van der Waals surface area contributed by atoms with Crippen LogP contribution in [0, 0.1) is 0 Å². The number of benzene rings is 1. The van der Waals surface area contributed by atoms with Crippen LogP contribution < -0.4 is 10.6 Å². The summed E-state index contributed by atoms with van der Waals surface area (Å²) < 4.78 is 29.3. The van der Waals surface area contributed by atoms with E-state index in [1.54, 1.807) is 44.5 Å². The van der Waals surface area contributed by atoms with Gasteiger partial charge in [0.15, 0.2) is 9.84 Å². The van der Waals surface area contributed by atoms with E-state index in [-0.39, 0.29) is 29.2 Å².